The minimum absolute atomic E-state index is 0.00114. The summed E-state index contributed by atoms with van der Waals surface area (Å²) in [5.41, 5.74) is 5.60. The Labute approximate surface area is 320 Å². The van der Waals surface area contributed by atoms with E-state index in [0.717, 1.165) is 11.8 Å². The molecule has 7 amide bonds. The maximum Gasteiger partial charge on any atom is 0.325 e. The minimum atomic E-state index is -1.76. The number of rotatable bonds is 25. The van der Waals surface area contributed by atoms with Gasteiger partial charge in [-0.2, -0.15) is 11.8 Å². The summed E-state index contributed by atoms with van der Waals surface area (Å²) in [5.74, 6) is -10.5. The zero-order valence-corrected chi connectivity index (χ0v) is 31.6. The molecule has 310 valence electrons. The lowest BCUT2D eigenvalue weighted by molar-refractivity contribution is -0.145. The van der Waals surface area contributed by atoms with Crippen LogP contribution in [0.1, 0.15) is 65.2 Å². The number of aliphatic carboxylic acids is 3. The van der Waals surface area contributed by atoms with Gasteiger partial charge in [-0.1, -0.05) is 0 Å². The number of hydrogen-bond acceptors (Lipinski definition) is 13. The molecule has 0 unspecified atom stereocenters. The molecule has 1 fully saturated rings. The number of likely N-dealkylation sites (tertiary alicyclic amines) is 1. The highest BCUT2D eigenvalue weighted by molar-refractivity contribution is 7.98. The molecule has 0 saturated carbocycles. The first-order valence-corrected chi connectivity index (χ1v) is 18.8. The first-order valence-electron chi connectivity index (χ1n) is 17.4. The van der Waals surface area contributed by atoms with Crippen LogP contribution >= 0.6 is 11.8 Å². The van der Waals surface area contributed by atoms with Crippen LogP contribution in [0.3, 0.4) is 0 Å². The number of aliphatic hydroxyl groups excluding tert-OH is 1. The second kappa shape index (κ2) is 24.4. The van der Waals surface area contributed by atoms with Gasteiger partial charge in [-0.3, -0.25) is 47.9 Å². The van der Waals surface area contributed by atoms with E-state index in [2.05, 4.69) is 31.9 Å². The fraction of sp³-hybridized carbons (Fsp3) is 0.688. The summed E-state index contributed by atoms with van der Waals surface area (Å²) in [6.45, 7) is 1.62. The van der Waals surface area contributed by atoms with Crippen molar-refractivity contribution in [3.05, 3.63) is 0 Å². The molecule has 0 aromatic rings. The van der Waals surface area contributed by atoms with E-state index in [-0.39, 0.29) is 38.8 Å². The van der Waals surface area contributed by atoms with E-state index in [1.807, 2.05) is 0 Å². The molecule has 0 aromatic heterocycles. The highest BCUT2D eigenvalue weighted by Crippen LogP contribution is 2.21. The van der Waals surface area contributed by atoms with Gasteiger partial charge in [-0.15, -0.1) is 0 Å². The van der Waals surface area contributed by atoms with Crippen LogP contribution in [0.4, 0.5) is 0 Å². The first kappa shape index (κ1) is 48.0. The van der Waals surface area contributed by atoms with Crippen LogP contribution in [0.5, 0.6) is 0 Å². The molecule has 1 aliphatic heterocycles. The summed E-state index contributed by atoms with van der Waals surface area (Å²) in [5, 5.41) is 51.3. The standard InChI is InChI=1S/C32H52N8O14S/c1-16(32(53)54)34-26(47)18(9-12-55-3)36-27(48)21(14-25(45)46)39-30(51)23-8-6-11-40(23)31(52)19(7-4-5-10-33)37-28(49)20(13-24(43)44)38-29(50)22(15-41)35-17(2)42/h16,18-23,41H,4-15,33H2,1-3H3,(H,34,47)(H,35,42)(H,36,48)(H,37,49)(H,38,50)(H,39,51)(H,43,44)(H,45,46)(H,53,54)/t16-,18-,19-,20-,21-,22-,23-/m0/s1. The lowest BCUT2D eigenvalue weighted by Gasteiger charge is -2.31. The van der Waals surface area contributed by atoms with Gasteiger partial charge in [-0.05, 0) is 64.0 Å². The highest BCUT2D eigenvalue weighted by atomic mass is 32.2. The number of nitrogens with one attached hydrogen (secondary N) is 6. The highest BCUT2D eigenvalue weighted by Gasteiger charge is 2.40. The number of carbonyl (C=O) groups excluding carboxylic acids is 7. The number of hydrogen-bond donors (Lipinski definition) is 11. The second-order valence-corrected chi connectivity index (χ2v) is 13.7. The molecule has 22 nitrogen and oxygen atoms in total. The predicted octanol–water partition coefficient (Wildman–Crippen LogP) is -4.17. The summed E-state index contributed by atoms with van der Waals surface area (Å²) < 4.78 is 0. The molecule has 23 heteroatoms. The Kier molecular flexibility index (Phi) is 21.3. The fourth-order valence-corrected chi connectivity index (χ4v) is 5.90. The normalized spacial score (nSPS) is 16.9. The number of carboxylic acid groups (broad SMARTS) is 3. The predicted molar refractivity (Wildman–Crippen MR) is 193 cm³/mol. The van der Waals surface area contributed by atoms with Gasteiger partial charge in [0.2, 0.25) is 41.4 Å². The van der Waals surface area contributed by atoms with Crippen molar-refractivity contribution < 1.29 is 68.4 Å². The van der Waals surface area contributed by atoms with Gasteiger partial charge < -0.3 is 63.0 Å². The molecule has 0 spiro atoms. The van der Waals surface area contributed by atoms with Gasteiger partial charge >= 0.3 is 17.9 Å². The summed E-state index contributed by atoms with van der Waals surface area (Å²) in [7, 11) is 0. The Morgan fingerprint density at radius 2 is 1.25 bits per heavy atom. The van der Waals surface area contributed by atoms with E-state index in [4.69, 9.17) is 10.8 Å². The summed E-state index contributed by atoms with van der Waals surface area (Å²) >= 11 is 1.32. The number of nitrogens with zero attached hydrogens (tertiary/aromatic N) is 1. The summed E-state index contributed by atoms with van der Waals surface area (Å²) in [6, 6.07) is -10.2. The van der Waals surface area contributed by atoms with Gasteiger partial charge in [0.1, 0.15) is 42.3 Å². The van der Waals surface area contributed by atoms with Crippen LogP contribution in [0, 0.1) is 0 Å². The number of unbranched alkanes of at least 4 members (excludes halogenated alkanes) is 1. The van der Waals surface area contributed by atoms with Crippen molar-refractivity contribution >= 4 is 71.0 Å². The summed E-state index contributed by atoms with van der Waals surface area (Å²) in [6.07, 6.45) is 0.912. The van der Waals surface area contributed by atoms with Gasteiger partial charge in [0.05, 0.1) is 19.4 Å². The SMILES string of the molecule is CSCC[C@H](NC(=O)[C@H](CC(=O)O)NC(=O)[C@@H]1CCCN1C(=O)[C@H](CCCCN)NC(=O)[C@H](CC(=O)O)NC(=O)[C@H](CO)NC(C)=O)C(=O)N[C@@H](C)C(=O)O. The van der Waals surface area contributed by atoms with E-state index in [1.165, 1.54) is 18.7 Å². The van der Waals surface area contributed by atoms with Crippen LogP contribution in [0.15, 0.2) is 0 Å². The average Bonchev–Trinajstić information content (AvgIpc) is 3.60. The number of thioether (sulfide) groups is 1. The molecular formula is C32H52N8O14S. The van der Waals surface area contributed by atoms with E-state index >= 15 is 0 Å². The van der Waals surface area contributed by atoms with Crippen molar-refractivity contribution in [1.82, 2.24) is 36.8 Å². The molecule has 55 heavy (non-hydrogen) atoms. The Morgan fingerprint density at radius 3 is 1.76 bits per heavy atom. The Hall–Kier alpha value is -5.03. The molecule has 1 heterocycles. The van der Waals surface area contributed by atoms with Crippen LogP contribution in [0.2, 0.25) is 0 Å². The van der Waals surface area contributed by atoms with Gasteiger partial charge in [0.25, 0.3) is 0 Å². The monoisotopic (exact) mass is 804 g/mol. The van der Waals surface area contributed by atoms with Crippen molar-refractivity contribution in [1.29, 1.82) is 0 Å². The Morgan fingerprint density at radius 1 is 0.727 bits per heavy atom. The number of amides is 7. The van der Waals surface area contributed by atoms with Gasteiger partial charge in [0.15, 0.2) is 0 Å². The third-order valence-electron chi connectivity index (χ3n) is 8.27. The van der Waals surface area contributed by atoms with Crippen molar-refractivity contribution in [3.63, 3.8) is 0 Å². The van der Waals surface area contributed by atoms with Crippen molar-refractivity contribution in [2.24, 2.45) is 5.73 Å². The molecule has 0 aromatic carbocycles. The zero-order chi connectivity index (χ0) is 41.8. The molecule has 0 bridgehead atoms. The molecular weight excluding hydrogens is 752 g/mol. The minimum Gasteiger partial charge on any atom is -0.481 e. The van der Waals surface area contributed by atoms with Gasteiger partial charge in [0, 0.05) is 13.5 Å². The molecule has 0 radical (unpaired) electrons. The average molecular weight is 805 g/mol. The number of carbonyl (C=O) groups is 10. The van der Waals surface area contributed by atoms with Gasteiger partial charge in [-0.25, -0.2) is 0 Å². The Balaban J connectivity index is 3.29. The van der Waals surface area contributed by atoms with E-state index in [0.29, 0.717) is 18.6 Å². The first-order chi connectivity index (χ1) is 25.9. The lowest BCUT2D eigenvalue weighted by Crippen LogP contribution is -2.60. The summed E-state index contributed by atoms with van der Waals surface area (Å²) in [4.78, 5) is 127. The van der Waals surface area contributed by atoms with Crippen LogP contribution < -0.4 is 37.6 Å². The van der Waals surface area contributed by atoms with E-state index < -0.39 is 121 Å². The molecule has 1 aliphatic rings. The van der Waals surface area contributed by atoms with Crippen molar-refractivity contribution in [2.45, 2.75) is 108 Å². The smallest absolute Gasteiger partial charge is 0.325 e. The molecule has 7 atom stereocenters. The molecule has 1 rings (SSSR count). The number of nitrogens with two attached hydrogens (primary N) is 1. The van der Waals surface area contributed by atoms with Crippen molar-refractivity contribution in [2.75, 3.05) is 31.7 Å². The molecule has 12 N–H and O–H groups in total. The van der Waals surface area contributed by atoms with Crippen LogP contribution in [-0.4, -0.2) is 159 Å². The second-order valence-electron chi connectivity index (χ2n) is 12.7. The molecule has 0 aliphatic carbocycles. The Bertz CT molecular complexity index is 1420. The fourth-order valence-electron chi connectivity index (χ4n) is 5.43. The zero-order valence-electron chi connectivity index (χ0n) is 30.8. The third-order valence-corrected chi connectivity index (χ3v) is 8.92. The topological polar surface area (TPSA) is 353 Å². The number of carboxylic acids is 3. The molecule has 1 saturated heterocycles. The third kappa shape index (κ3) is 16.9. The van der Waals surface area contributed by atoms with Crippen molar-refractivity contribution in [3.8, 4) is 0 Å². The van der Waals surface area contributed by atoms with E-state index in [9.17, 15) is 63.3 Å². The lowest BCUT2D eigenvalue weighted by atomic mass is 10.0. The number of aliphatic hydroxyl groups is 1. The largest absolute Gasteiger partial charge is 0.481 e. The maximum absolute atomic E-state index is 13.9. The van der Waals surface area contributed by atoms with E-state index in [1.54, 1.807) is 6.26 Å². The van der Waals surface area contributed by atoms with Crippen LogP contribution in [0.25, 0.3) is 0 Å². The quantitative estimate of drug-likeness (QED) is 0.0390. The maximum atomic E-state index is 13.9. The van der Waals surface area contributed by atoms with Crippen LogP contribution in [-0.2, 0) is 47.9 Å².